The number of rotatable bonds is 4. The number of ether oxygens (including phenoxy) is 1. The number of aliphatic hydroxyl groups excluding tert-OH is 1. The molecule has 2 unspecified atom stereocenters. The third-order valence-corrected chi connectivity index (χ3v) is 3.77. The van der Waals surface area contributed by atoms with E-state index >= 15 is 0 Å². The van der Waals surface area contributed by atoms with Gasteiger partial charge in [0.25, 0.3) is 0 Å². The molecular formula is C15H24N2O2. The van der Waals surface area contributed by atoms with Crippen LogP contribution >= 0.6 is 0 Å². The monoisotopic (exact) mass is 264 g/mol. The molecule has 0 spiro atoms. The quantitative estimate of drug-likeness (QED) is 0.810. The second-order valence-corrected chi connectivity index (χ2v) is 5.39. The number of benzene rings is 1. The smallest absolute Gasteiger partial charge is 0.142 e. The fourth-order valence-electron chi connectivity index (χ4n) is 2.72. The molecule has 3 N–H and O–H groups in total. The Morgan fingerprint density at radius 2 is 2.26 bits per heavy atom. The number of nitrogens with two attached hydrogens (primary N) is 1. The van der Waals surface area contributed by atoms with E-state index in [-0.39, 0.29) is 12.0 Å². The van der Waals surface area contributed by atoms with Crippen LogP contribution in [-0.2, 0) is 6.42 Å². The topological polar surface area (TPSA) is 58.7 Å². The average molecular weight is 264 g/mol. The highest BCUT2D eigenvalue weighted by Gasteiger charge is 2.26. The van der Waals surface area contributed by atoms with Gasteiger partial charge in [0.15, 0.2) is 0 Å². The first-order valence-electron chi connectivity index (χ1n) is 6.98. The van der Waals surface area contributed by atoms with Crippen molar-refractivity contribution in [3.05, 3.63) is 23.8 Å². The van der Waals surface area contributed by atoms with E-state index in [0.717, 1.165) is 31.7 Å². The van der Waals surface area contributed by atoms with Crippen molar-refractivity contribution in [2.45, 2.75) is 25.9 Å². The van der Waals surface area contributed by atoms with Crippen molar-refractivity contribution in [2.75, 3.05) is 32.5 Å². The number of likely N-dealkylation sites (tertiary alicyclic amines) is 1. The van der Waals surface area contributed by atoms with Crippen molar-refractivity contribution in [3.63, 3.8) is 0 Å². The molecule has 4 heteroatoms. The first-order chi connectivity index (χ1) is 9.10. The Kier molecular flexibility index (Phi) is 4.66. The Morgan fingerprint density at radius 3 is 2.95 bits per heavy atom. The summed E-state index contributed by atoms with van der Waals surface area (Å²) in [6.45, 7) is 4.48. The van der Waals surface area contributed by atoms with Crippen LogP contribution in [-0.4, -0.2) is 42.9 Å². The zero-order chi connectivity index (χ0) is 13.8. The lowest BCUT2D eigenvalue weighted by molar-refractivity contribution is 0.0366. The predicted octanol–water partition coefficient (Wildman–Crippen LogP) is 1.52. The lowest BCUT2D eigenvalue weighted by atomic mass is 9.89. The molecule has 0 amide bonds. The van der Waals surface area contributed by atoms with Crippen LogP contribution in [0.3, 0.4) is 0 Å². The van der Waals surface area contributed by atoms with Gasteiger partial charge in [-0.05, 0) is 44.5 Å². The second kappa shape index (κ2) is 6.26. The molecule has 0 radical (unpaired) electrons. The Bertz CT molecular complexity index is 423. The van der Waals surface area contributed by atoms with Gasteiger partial charge in [-0.15, -0.1) is 0 Å². The molecule has 1 saturated heterocycles. The molecule has 1 aliphatic rings. The fraction of sp³-hybridized carbons (Fsp3) is 0.600. The summed E-state index contributed by atoms with van der Waals surface area (Å²) in [6.07, 6.45) is 1.51. The molecule has 1 aliphatic heterocycles. The van der Waals surface area contributed by atoms with E-state index in [4.69, 9.17) is 10.5 Å². The molecule has 19 heavy (non-hydrogen) atoms. The van der Waals surface area contributed by atoms with Crippen molar-refractivity contribution in [1.82, 2.24) is 4.90 Å². The lowest BCUT2D eigenvalue weighted by Crippen LogP contribution is -2.41. The number of hydrogen-bond donors (Lipinski definition) is 2. The maximum absolute atomic E-state index is 10.1. The van der Waals surface area contributed by atoms with E-state index < -0.39 is 0 Å². The van der Waals surface area contributed by atoms with Crippen LogP contribution in [0.2, 0.25) is 0 Å². The van der Waals surface area contributed by atoms with Crippen molar-refractivity contribution in [2.24, 2.45) is 5.92 Å². The van der Waals surface area contributed by atoms with E-state index in [1.165, 1.54) is 5.56 Å². The van der Waals surface area contributed by atoms with Gasteiger partial charge in [0.05, 0.1) is 18.4 Å². The fourth-order valence-corrected chi connectivity index (χ4v) is 2.72. The summed E-state index contributed by atoms with van der Waals surface area (Å²) in [5.41, 5.74) is 7.82. The number of aliphatic hydroxyl groups is 1. The van der Waals surface area contributed by atoms with Crippen molar-refractivity contribution < 1.29 is 9.84 Å². The van der Waals surface area contributed by atoms with Crippen molar-refractivity contribution in [1.29, 1.82) is 0 Å². The van der Waals surface area contributed by atoms with Crippen LogP contribution in [0.4, 0.5) is 5.69 Å². The van der Waals surface area contributed by atoms with Gasteiger partial charge in [0, 0.05) is 19.0 Å². The number of anilines is 1. The van der Waals surface area contributed by atoms with Gasteiger partial charge in [0.2, 0.25) is 0 Å². The van der Waals surface area contributed by atoms with E-state index in [1.54, 1.807) is 0 Å². The summed E-state index contributed by atoms with van der Waals surface area (Å²) in [5.74, 6) is 1.03. The summed E-state index contributed by atoms with van der Waals surface area (Å²) in [6, 6.07) is 5.93. The molecule has 0 saturated carbocycles. The third kappa shape index (κ3) is 3.61. The number of piperidine rings is 1. The summed E-state index contributed by atoms with van der Waals surface area (Å²) in [4.78, 5) is 2.27. The highest BCUT2D eigenvalue weighted by molar-refractivity contribution is 5.54. The molecule has 4 nitrogen and oxygen atoms in total. The van der Waals surface area contributed by atoms with Crippen LogP contribution in [0.15, 0.2) is 18.2 Å². The first-order valence-corrected chi connectivity index (χ1v) is 6.98. The van der Waals surface area contributed by atoms with E-state index in [9.17, 15) is 5.11 Å². The summed E-state index contributed by atoms with van der Waals surface area (Å²) in [7, 11) is 2.10. The van der Waals surface area contributed by atoms with Crippen LogP contribution < -0.4 is 10.5 Å². The molecule has 0 bridgehead atoms. The molecule has 2 atom stereocenters. The van der Waals surface area contributed by atoms with Crippen LogP contribution in [0, 0.1) is 5.92 Å². The van der Waals surface area contributed by atoms with E-state index in [2.05, 4.69) is 11.9 Å². The highest BCUT2D eigenvalue weighted by Crippen LogP contribution is 2.26. The summed E-state index contributed by atoms with van der Waals surface area (Å²) < 4.78 is 5.44. The minimum absolute atomic E-state index is 0.205. The van der Waals surface area contributed by atoms with Gasteiger partial charge in [-0.3, -0.25) is 0 Å². The maximum atomic E-state index is 10.1. The molecular weight excluding hydrogens is 240 g/mol. The Morgan fingerprint density at radius 1 is 1.47 bits per heavy atom. The maximum Gasteiger partial charge on any atom is 0.142 e. The number of nitrogen functional groups attached to an aromatic ring is 1. The van der Waals surface area contributed by atoms with Gasteiger partial charge in [-0.1, -0.05) is 6.07 Å². The highest BCUT2D eigenvalue weighted by atomic mass is 16.5. The van der Waals surface area contributed by atoms with Crippen LogP contribution in [0.1, 0.15) is 18.9 Å². The molecule has 106 valence electrons. The molecule has 1 heterocycles. The molecule has 1 fully saturated rings. The second-order valence-electron chi connectivity index (χ2n) is 5.39. The molecule has 1 aromatic carbocycles. The molecule has 0 aromatic heterocycles. The minimum atomic E-state index is -0.205. The number of nitrogens with zero attached hydrogens (tertiary/aromatic N) is 1. The standard InChI is InChI=1S/C15H24N2O2/c1-3-19-15-5-4-11(9-13(15)16)8-12-10-17(2)7-6-14(12)18/h4-5,9,12,14,18H,3,6-8,10,16H2,1-2H3. The van der Waals surface area contributed by atoms with Gasteiger partial charge in [-0.25, -0.2) is 0 Å². The summed E-state index contributed by atoms with van der Waals surface area (Å²) >= 11 is 0. The molecule has 0 aliphatic carbocycles. The average Bonchev–Trinajstić information content (AvgIpc) is 2.37. The molecule has 2 rings (SSSR count). The van der Waals surface area contributed by atoms with E-state index in [1.807, 2.05) is 25.1 Å². The number of hydrogen-bond acceptors (Lipinski definition) is 4. The van der Waals surface area contributed by atoms with Crippen LogP contribution in [0.5, 0.6) is 5.75 Å². The Hall–Kier alpha value is -1.26. The first kappa shape index (κ1) is 14.2. The predicted molar refractivity (Wildman–Crippen MR) is 77.3 cm³/mol. The van der Waals surface area contributed by atoms with Gasteiger partial charge in [0.1, 0.15) is 5.75 Å². The van der Waals surface area contributed by atoms with Gasteiger partial charge in [-0.2, -0.15) is 0 Å². The van der Waals surface area contributed by atoms with Crippen molar-refractivity contribution >= 4 is 5.69 Å². The Labute approximate surface area is 115 Å². The minimum Gasteiger partial charge on any atom is -0.492 e. The van der Waals surface area contributed by atoms with Crippen molar-refractivity contribution in [3.8, 4) is 5.75 Å². The van der Waals surface area contributed by atoms with E-state index in [0.29, 0.717) is 12.3 Å². The van der Waals surface area contributed by atoms with Gasteiger partial charge >= 0.3 is 0 Å². The lowest BCUT2D eigenvalue weighted by Gasteiger charge is -2.34. The summed E-state index contributed by atoms with van der Waals surface area (Å²) in [5, 5.41) is 10.1. The van der Waals surface area contributed by atoms with Gasteiger partial charge < -0.3 is 20.5 Å². The zero-order valence-electron chi connectivity index (χ0n) is 11.8. The SMILES string of the molecule is CCOc1ccc(CC2CN(C)CCC2O)cc1N. The normalized spacial score (nSPS) is 24.4. The largest absolute Gasteiger partial charge is 0.492 e. The zero-order valence-corrected chi connectivity index (χ0v) is 11.8. The van der Waals surface area contributed by atoms with Crippen LogP contribution in [0.25, 0.3) is 0 Å². The Balaban J connectivity index is 2.04. The molecule has 1 aromatic rings. The third-order valence-electron chi connectivity index (χ3n) is 3.77.